The van der Waals surface area contributed by atoms with Crippen LogP contribution in [0.3, 0.4) is 0 Å². The second-order valence-corrected chi connectivity index (χ2v) is 10.7. The maximum absolute atomic E-state index is 13.6. The average Bonchev–Trinajstić information content (AvgIpc) is 3.20. The number of methoxy groups -OCH3 is 1. The Morgan fingerprint density at radius 2 is 1.88 bits per heavy atom. The van der Waals surface area contributed by atoms with E-state index in [9.17, 15) is 22.0 Å². The number of benzene rings is 2. The summed E-state index contributed by atoms with van der Waals surface area (Å²) in [6, 6.07) is 12.8. The van der Waals surface area contributed by atoms with E-state index < -0.39 is 27.6 Å². The SMILES string of the molecule is COC(=O)c1c(S(=O)(=O)NCc2ccccc2)sc2c1CCN(Cc1ccc(F)c(F)c1)C2. The lowest BCUT2D eigenvalue weighted by Crippen LogP contribution is -2.30. The minimum atomic E-state index is -3.97. The fourth-order valence-corrected chi connectivity index (χ4v) is 6.79. The smallest absolute Gasteiger partial charge is 0.340 e. The molecule has 6 nitrogen and oxygen atoms in total. The molecule has 33 heavy (non-hydrogen) atoms. The van der Waals surface area contributed by atoms with Gasteiger partial charge in [0.2, 0.25) is 0 Å². The summed E-state index contributed by atoms with van der Waals surface area (Å²) in [5, 5.41) is 0. The molecule has 2 heterocycles. The van der Waals surface area contributed by atoms with Crippen LogP contribution in [0.15, 0.2) is 52.7 Å². The molecule has 2 aromatic carbocycles. The number of ether oxygens (including phenoxy) is 1. The summed E-state index contributed by atoms with van der Waals surface area (Å²) in [5.74, 6) is -2.51. The molecule has 0 saturated heterocycles. The molecule has 1 aromatic heterocycles. The van der Waals surface area contributed by atoms with Crippen molar-refractivity contribution < 1.29 is 26.7 Å². The molecule has 0 spiro atoms. The first-order valence-electron chi connectivity index (χ1n) is 10.2. The van der Waals surface area contributed by atoms with E-state index in [2.05, 4.69) is 4.72 Å². The maximum Gasteiger partial charge on any atom is 0.340 e. The van der Waals surface area contributed by atoms with Crippen LogP contribution in [0.4, 0.5) is 8.78 Å². The number of fused-ring (bicyclic) bond motifs is 1. The number of rotatable bonds is 7. The van der Waals surface area contributed by atoms with Crippen molar-refractivity contribution in [3.05, 3.63) is 87.3 Å². The fourth-order valence-electron chi connectivity index (χ4n) is 3.80. The molecular formula is C23H22F2N2O4S2. The quantitative estimate of drug-likeness (QED) is 0.507. The minimum absolute atomic E-state index is 0.0649. The zero-order valence-corrected chi connectivity index (χ0v) is 19.4. The van der Waals surface area contributed by atoms with Crippen LogP contribution >= 0.6 is 11.3 Å². The van der Waals surface area contributed by atoms with Crippen LogP contribution in [-0.4, -0.2) is 32.9 Å². The van der Waals surface area contributed by atoms with E-state index >= 15 is 0 Å². The Balaban J connectivity index is 1.59. The molecular weight excluding hydrogens is 470 g/mol. The Labute approximate surface area is 194 Å². The molecule has 0 atom stereocenters. The van der Waals surface area contributed by atoms with E-state index in [0.717, 1.165) is 33.9 Å². The average molecular weight is 493 g/mol. The van der Waals surface area contributed by atoms with E-state index in [4.69, 9.17) is 4.74 Å². The van der Waals surface area contributed by atoms with Crippen molar-refractivity contribution in [3.63, 3.8) is 0 Å². The third kappa shape index (κ3) is 5.14. The van der Waals surface area contributed by atoms with Gasteiger partial charge in [0.05, 0.1) is 12.7 Å². The summed E-state index contributed by atoms with van der Waals surface area (Å²) >= 11 is 1.04. The number of carbonyl (C=O) groups is 1. The first-order chi connectivity index (χ1) is 15.8. The van der Waals surface area contributed by atoms with Gasteiger partial charge >= 0.3 is 5.97 Å². The van der Waals surface area contributed by atoms with Crippen molar-refractivity contribution in [2.24, 2.45) is 0 Å². The molecule has 0 bridgehead atoms. The van der Waals surface area contributed by atoms with Gasteiger partial charge in [0.25, 0.3) is 10.0 Å². The lowest BCUT2D eigenvalue weighted by Gasteiger charge is -2.27. The van der Waals surface area contributed by atoms with Crippen LogP contribution in [-0.2, 0) is 40.8 Å². The fraction of sp³-hybridized carbons (Fsp3) is 0.261. The van der Waals surface area contributed by atoms with Crippen molar-refractivity contribution in [1.29, 1.82) is 0 Å². The monoisotopic (exact) mass is 492 g/mol. The van der Waals surface area contributed by atoms with Gasteiger partial charge in [0.15, 0.2) is 11.6 Å². The summed E-state index contributed by atoms with van der Waals surface area (Å²) in [4.78, 5) is 15.3. The highest BCUT2D eigenvalue weighted by atomic mass is 32.2. The molecule has 0 amide bonds. The predicted molar refractivity (Wildman–Crippen MR) is 120 cm³/mol. The molecule has 0 saturated carbocycles. The maximum atomic E-state index is 13.6. The number of nitrogens with zero attached hydrogens (tertiary/aromatic N) is 1. The van der Waals surface area contributed by atoms with Gasteiger partial charge in [-0.05, 0) is 35.2 Å². The highest BCUT2D eigenvalue weighted by Crippen LogP contribution is 2.37. The number of esters is 1. The molecule has 1 N–H and O–H groups in total. The number of halogens is 2. The zero-order chi connectivity index (χ0) is 23.6. The second kappa shape index (κ2) is 9.68. The van der Waals surface area contributed by atoms with Crippen LogP contribution in [0.5, 0.6) is 0 Å². The van der Waals surface area contributed by atoms with Crippen LogP contribution < -0.4 is 4.72 Å². The van der Waals surface area contributed by atoms with Gasteiger partial charge in [-0.3, -0.25) is 4.90 Å². The largest absolute Gasteiger partial charge is 0.465 e. The number of thiophene rings is 1. The van der Waals surface area contributed by atoms with Crippen molar-refractivity contribution in [2.45, 2.75) is 30.3 Å². The van der Waals surface area contributed by atoms with Gasteiger partial charge < -0.3 is 4.74 Å². The summed E-state index contributed by atoms with van der Waals surface area (Å²) in [7, 11) is -2.75. The Bertz CT molecular complexity index is 1280. The standard InChI is InChI=1S/C23H22F2N2O4S2/c1-31-22(28)21-17-9-10-27(13-16-7-8-18(24)19(25)11-16)14-20(17)32-23(21)33(29,30)26-12-15-5-3-2-4-6-15/h2-8,11,26H,9-10,12-14H2,1H3. The third-order valence-electron chi connectivity index (χ3n) is 5.44. The van der Waals surface area contributed by atoms with Crippen LogP contribution in [0.25, 0.3) is 0 Å². The predicted octanol–water partition coefficient (Wildman–Crippen LogP) is 3.85. The first-order valence-corrected chi connectivity index (χ1v) is 12.5. The van der Waals surface area contributed by atoms with E-state index in [0.29, 0.717) is 37.2 Å². The van der Waals surface area contributed by atoms with Gasteiger partial charge in [-0.15, -0.1) is 11.3 Å². The van der Waals surface area contributed by atoms with Gasteiger partial charge in [0.1, 0.15) is 4.21 Å². The normalized spacial score (nSPS) is 14.2. The van der Waals surface area contributed by atoms with Crippen molar-refractivity contribution >= 4 is 27.3 Å². The van der Waals surface area contributed by atoms with E-state index in [1.807, 2.05) is 23.1 Å². The van der Waals surface area contributed by atoms with Gasteiger partial charge in [-0.1, -0.05) is 36.4 Å². The van der Waals surface area contributed by atoms with E-state index in [1.54, 1.807) is 12.1 Å². The van der Waals surface area contributed by atoms with Crippen LogP contribution in [0.1, 0.15) is 31.9 Å². The Morgan fingerprint density at radius 3 is 2.58 bits per heavy atom. The molecule has 1 aliphatic rings. The molecule has 0 radical (unpaired) electrons. The topological polar surface area (TPSA) is 75.7 Å². The van der Waals surface area contributed by atoms with Gasteiger partial charge in [-0.2, -0.15) is 0 Å². The number of hydrogen-bond donors (Lipinski definition) is 1. The summed E-state index contributed by atoms with van der Waals surface area (Å²) < 4.78 is 60.4. The molecule has 1 aliphatic heterocycles. The molecule has 0 aliphatic carbocycles. The van der Waals surface area contributed by atoms with Crippen molar-refractivity contribution in [1.82, 2.24) is 9.62 Å². The first kappa shape index (κ1) is 23.5. The molecule has 174 valence electrons. The summed E-state index contributed by atoms with van der Waals surface area (Å²) in [5.41, 5.74) is 2.14. The van der Waals surface area contributed by atoms with E-state index in [-0.39, 0.29) is 16.3 Å². The van der Waals surface area contributed by atoms with Crippen LogP contribution in [0, 0.1) is 11.6 Å². The van der Waals surface area contributed by atoms with Gasteiger partial charge in [-0.25, -0.2) is 26.7 Å². The molecule has 0 fully saturated rings. The second-order valence-electron chi connectivity index (χ2n) is 7.68. The number of hydrogen-bond acceptors (Lipinski definition) is 6. The number of sulfonamides is 1. The molecule has 0 unspecified atom stereocenters. The van der Waals surface area contributed by atoms with Crippen molar-refractivity contribution in [2.75, 3.05) is 13.7 Å². The third-order valence-corrected chi connectivity index (χ3v) is 8.57. The lowest BCUT2D eigenvalue weighted by atomic mass is 10.0. The number of nitrogens with one attached hydrogen (secondary N) is 1. The van der Waals surface area contributed by atoms with E-state index in [1.165, 1.54) is 13.2 Å². The molecule has 3 aromatic rings. The number of carbonyl (C=O) groups excluding carboxylic acids is 1. The van der Waals surface area contributed by atoms with Crippen molar-refractivity contribution in [3.8, 4) is 0 Å². The Hall–Kier alpha value is -2.66. The Morgan fingerprint density at radius 1 is 1.12 bits per heavy atom. The highest BCUT2D eigenvalue weighted by molar-refractivity contribution is 7.91. The Kier molecular flexibility index (Phi) is 6.89. The molecule has 10 heteroatoms. The highest BCUT2D eigenvalue weighted by Gasteiger charge is 2.34. The summed E-state index contributed by atoms with van der Waals surface area (Å²) in [6.45, 7) is 1.38. The molecule has 4 rings (SSSR count). The zero-order valence-electron chi connectivity index (χ0n) is 17.8. The lowest BCUT2D eigenvalue weighted by molar-refractivity contribution is 0.0595. The minimum Gasteiger partial charge on any atom is -0.465 e. The summed E-state index contributed by atoms with van der Waals surface area (Å²) in [6.07, 6.45) is 0.439. The van der Waals surface area contributed by atoms with Crippen LogP contribution in [0.2, 0.25) is 0 Å². The van der Waals surface area contributed by atoms with Gasteiger partial charge in [0, 0.05) is 31.1 Å².